The zero-order valence-electron chi connectivity index (χ0n) is 12.9. The highest BCUT2D eigenvalue weighted by Crippen LogP contribution is 2.15. The highest BCUT2D eigenvalue weighted by molar-refractivity contribution is 4.55. The minimum absolute atomic E-state index is 0.383. The predicted octanol–water partition coefficient (Wildman–Crippen LogP) is 5.71. The van der Waals surface area contributed by atoms with Crippen LogP contribution in [0.15, 0.2) is 0 Å². The molecule has 0 aromatic heterocycles. The lowest BCUT2D eigenvalue weighted by Crippen LogP contribution is -2.03. The van der Waals surface area contributed by atoms with E-state index >= 15 is 0 Å². The molecule has 0 amide bonds. The molecule has 0 saturated carbocycles. The van der Waals surface area contributed by atoms with Crippen LogP contribution in [0, 0.1) is 5.92 Å². The van der Waals surface area contributed by atoms with Crippen molar-refractivity contribution in [2.75, 3.05) is 6.61 Å². The standard InChI is InChI=1S/C17H36O/c1-3-5-6-7-8-9-10-11-12-13-14-15-17(4-2)16-18/h17-18H,3-16H2,1-2H3. The Hall–Kier alpha value is -0.0400. The van der Waals surface area contributed by atoms with Crippen molar-refractivity contribution in [2.45, 2.75) is 97.3 Å². The molecule has 1 unspecified atom stereocenters. The van der Waals surface area contributed by atoms with Crippen molar-refractivity contribution in [3.8, 4) is 0 Å². The van der Waals surface area contributed by atoms with Crippen LogP contribution < -0.4 is 0 Å². The summed E-state index contributed by atoms with van der Waals surface area (Å²) in [4.78, 5) is 0. The molecular formula is C17H36O. The Morgan fingerprint density at radius 1 is 0.667 bits per heavy atom. The third-order valence-electron chi connectivity index (χ3n) is 4.05. The highest BCUT2D eigenvalue weighted by atomic mass is 16.3. The van der Waals surface area contributed by atoms with Gasteiger partial charge in [-0.3, -0.25) is 0 Å². The fourth-order valence-electron chi connectivity index (χ4n) is 2.52. The van der Waals surface area contributed by atoms with Crippen molar-refractivity contribution in [3.63, 3.8) is 0 Å². The Kier molecular flexibility index (Phi) is 15.0. The van der Waals surface area contributed by atoms with E-state index in [4.69, 9.17) is 5.11 Å². The van der Waals surface area contributed by atoms with Gasteiger partial charge in [0, 0.05) is 6.61 Å². The molecule has 1 atom stereocenters. The highest BCUT2D eigenvalue weighted by Gasteiger charge is 2.03. The predicted molar refractivity (Wildman–Crippen MR) is 81.9 cm³/mol. The van der Waals surface area contributed by atoms with E-state index in [1.807, 2.05) is 0 Å². The molecule has 0 rings (SSSR count). The number of rotatable bonds is 14. The summed E-state index contributed by atoms with van der Waals surface area (Å²) in [6, 6.07) is 0. The van der Waals surface area contributed by atoms with Crippen LogP contribution in [0.3, 0.4) is 0 Å². The first-order chi connectivity index (χ1) is 8.85. The number of unbranched alkanes of at least 4 members (excludes halogenated alkanes) is 10. The molecule has 0 saturated heterocycles. The molecule has 1 nitrogen and oxygen atoms in total. The number of hydrogen-bond donors (Lipinski definition) is 1. The van der Waals surface area contributed by atoms with Crippen molar-refractivity contribution >= 4 is 0 Å². The fraction of sp³-hybridized carbons (Fsp3) is 1.00. The number of aliphatic hydroxyl groups excluding tert-OH is 1. The summed E-state index contributed by atoms with van der Waals surface area (Å²) in [7, 11) is 0. The van der Waals surface area contributed by atoms with Crippen LogP contribution in [-0.4, -0.2) is 11.7 Å². The maximum atomic E-state index is 9.09. The van der Waals surface area contributed by atoms with Crippen LogP contribution in [0.1, 0.15) is 97.3 Å². The summed E-state index contributed by atoms with van der Waals surface area (Å²) in [5.74, 6) is 0.559. The van der Waals surface area contributed by atoms with Gasteiger partial charge >= 0.3 is 0 Å². The van der Waals surface area contributed by atoms with Gasteiger partial charge in [0.25, 0.3) is 0 Å². The van der Waals surface area contributed by atoms with Crippen molar-refractivity contribution < 1.29 is 5.11 Å². The molecule has 0 aliphatic carbocycles. The summed E-state index contributed by atoms with van der Waals surface area (Å²) in [5.41, 5.74) is 0. The molecule has 0 fully saturated rings. The van der Waals surface area contributed by atoms with Crippen molar-refractivity contribution in [3.05, 3.63) is 0 Å². The zero-order chi connectivity index (χ0) is 13.5. The van der Waals surface area contributed by atoms with Gasteiger partial charge in [0.2, 0.25) is 0 Å². The maximum Gasteiger partial charge on any atom is 0.0459 e. The van der Waals surface area contributed by atoms with Crippen LogP contribution in [0.4, 0.5) is 0 Å². The normalized spacial score (nSPS) is 12.8. The number of hydrogen-bond acceptors (Lipinski definition) is 1. The molecule has 0 aliphatic rings. The Balaban J connectivity index is 3.03. The molecule has 0 spiro atoms. The second-order valence-electron chi connectivity index (χ2n) is 5.78. The molecule has 0 heterocycles. The van der Waals surface area contributed by atoms with E-state index < -0.39 is 0 Å². The second-order valence-corrected chi connectivity index (χ2v) is 5.78. The van der Waals surface area contributed by atoms with Gasteiger partial charge in [0.1, 0.15) is 0 Å². The largest absolute Gasteiger partial charge is 0.396 e. The molecule has 0 aromatic rings. The molecule has 0 aromatic carbocycles. The summed E-state index contributed by atoms with van der Waals surface area (Å²) < 4.78 is 0. The van der Waals surface area contributed by atoms with E-state index in [0.29, 0.717) is 12.5 Å². The molecule has 18 heavy (non-hydrogen) atoms. The van der Waals surface area contributed by atoms with Crippen LogP contribution in [0.2, 0.25) is 0 Å². The lowest BCUT2D eigenvalue weighted by Gasteiger charge is -2.10. The third-order valence-corrected chi connectivity index (χ3v) is 4.05. The van der Waals surface area contributed by atoms with E-state index in [9.17, 15) is 0 Å². The SMILES string of the molecule is CCCCCCCCCCCCCC(CC)CO. The maximum absolute atomic E-state index is 9.09. The third kappa shape index (κ3) is 12.4. The summed E-state index contributed by atoms with van der Waals surface area (Å²) >= 11 is 0. The van der Waals surface area contributed by atoms with Gasteiger partial charge in [-0.05, 0) is 12.3 Å². The Bertz CT molecular complexity index is 141. The second kappa shape index (κ2) is 15.0. The van der Waals surface area contributed by atoms with E-state index in [1.54, 1.807) is 0 Å². The molecule has 1 N–H and O–H groups in total. The Morgan fingerprint density at radius 3 is 1.50 bits per heavy atom. The van der Waals surface area contributed by atoms with Gasteiger partial charge in [0.15, 0.2) is 0 Å². The average Bonchev–Trinajstić information content (AvgIpc) is 2.40. The minimum atomic E-state index is 0.383. The minimum Gasteiger partial charge on any atom is -0.396 e. The monoisotopic (exact) mass is 256 g/mol. The van der Waals surface area contributed by atoms with Crippen LogP contribution in [-0.2, 0) is 0 Å². The molecule has 1 heteroatoms. The molecular weight excluding hydrogens is 220 g/mol. The van der Waals surface area contributed by atoms with Crippen LogP contribution in [0.5, 0.6) is 0 Å². The van der Waals surface area contributed by atoms with E-state index in [2.05, 4.69) is 13.8 Å². The first-order valence-electron chi connectivity index (χ1n) is 8.46. The smallest absolute Gasteiger partial charge is 0.0459 e. The van der Waals surface area contributed by atoms with Gasteiger partial charge in [-0.2, -0.15) is 0 Å². The zero-order valence-corrected chi connectivity index (χ0v) is 12.9. The first-order valence-corrected chi connectivity index (χ1v) is 8.46. The van der Waals surface area contributed by atoms with Gasteiger partial charge in [0.05, 0.1) is 0 Å². The molecule has 0 bridgehead atoms. The lowest BCUT2D eigenvalue weighted by molar-refractivity contribution is 0.211. The average molecular weight is 256 g/mol. The first kappa shape index (κ1) is 18.0. The van der Waals surface area contributed by atoms with E-state index in [-0.39, 0.29) is 0 Å². The van der Waals surface area contributed by atoms with Crippen LogP contribution >= 0.6 is 0 Å². The Labute approximate surface area is 115 Å². The lowest BCUT2D eigenvalue weighted by atomic mass is 9.98. The van der Waals surface area contributed by atoms with Gasteiger partial charge in [-0.15, -0.1) is 0 Å². The van der Waals surface area contributed by atoms with Gasteiger partial charge in [-0.1, -0.05) is 90.9 Å². The van der Waals surface area contributed by atoms with Gasteiger partial charge < -0.3 is 5.11 Å². The van der Waals surface area contributed by atoms with Crippen molar-refractivity contribution in [1.82, 2.24) is 0 Å². The molecule has 0 radical (unpaired) electrons. The topological polar surface area (TPSA) is 20.2 Å². The summed E-state index contributed by atoms with van der Waals surface area (Å²) in [5, 5.41) is 9.09. The van der Waals surface area contributed by atoms with Crippen molar-refractivity contribution in [1.29, 1.82) is 0 Å². The Morgan fingerprint density at radius 2 is 1.11 bits per heavy atom. The van der Waals surface area contributed by atoms with Crippen LogP contribution in [0.25, 0.3) is 0 Å². The summed E-state index contributed by atoms with van der Waals surface area (Å²) in [6.07, 6.45) is 17.8. The summed E-state index contributed by atoms with van der Waals surface area (Å²) in [6.45, 7) is 4.84. The van der Waals surface area contributed by atoms with Gasteiger partial charge in [-0.25, -0.2) is 0 Å². The number of aliphatic hydroxyl groups is 1. The van der Waals surface area contributed by atoms with E-state index in [1.165, 1.54) is 77.0 Å². The quantitative estimate of drug-likeness (QED) is 0.395. The van der Waals surface area contributed by atoms with E-state index in [0.717, 1.165) is 6.42 Å². The van der Waals surface area contributed by atoms with Crippen molar-refractivity contribution in [2.24, 2.45) is 5.92 Å². The molecule has 0 aliphatic heterocycles. The fourth-order valence-corrected chi connectivity index (χ4v) is 2.52. The molecule has 110 valence electrons.